The van der Waals surface area contributed by atoms with Crippen LogP contribution in [0.15, 0.2) is 24.3 Å². The fourth-order valence-corrected chi connectivity index (χ4v) is 1.27. The van der Waals surface area contributed by atoms with Crippen molar-refractivity contribution < 1.29 is 13.9 Å². The van der Waals surface area contributed by atoms with Crippen molar-refractivity contribution in [2.24, 2.45) is 5.73 Å². The Morgan fingerprint density at radius 2 is 2.31 bits per heavy atom. The first-order valence-corrected chi connectivity index (χ1v) is 4.89. The van der Waals surface area contributed by atoms with Gasteiger partial charge in [0.2, 0.25) is 0 Å². The van der Waals surface area contributed by atoms with Crippen LogP contribution in [0.3, 0.4) is 0 Å². The van der Waals surface area contributed by atoms with Crippen LogP contribution >= 0.6 is 0 Å². The molecule has 0 atom stereocenters. The SMILES string of the molecule is COC(=O)CC=Cc1cc(F)ccc1CN. The second-order valence-electron chi connectivity index (χ2n) is 3.23. The number of rotatable bonds is 4. The third-order valence-corrected chi connectivity index (χ3v) is 2.14. The van der Waals surface area contributed by atoms with Crippen molar-refractivity contribution in [3.63, 3.8) is 0 Å². The Balaban J connectivity index is 2.79. The van der Waals surface area contributed by atoms with Gasteiger partial charge in [0.1, 0.15) is 5.82 Å². The molecule has 4 heteroatoms. The van der Waals surface area contributed by atoms with Gasteiger partial charge in [-0.2, -0.15) is 0 Å². The van der Waals surface area contributed by atoms with Gasteiger partial charge in [0.15, 0.2) is 0 Å². The van der Waals surface area contributed by atoms with Crippen molar-refractivity contribution in [3.8, 4) is 0 Å². The van der Waals surface area contributed by atoms with Crippen LogP contribution in [0, 0.1) is 5.82 Å². The molecule has 0 spiro atoms. The monoisotopic (exact) mass is 223 g/mol. The average Bonchev–Trinajstić information content (AvgIpc) is 2.29. The van der Waals surface area contributed by atoms with Crippen molar-refractivity contribution in [1.82, 2.24) is 0 Å². The van der Waals surface area contributed by atoms with E-state index in [1.807, 2.05) is 0 Å². The quantitative estimate of drug-likeness (QED) is 0.793. The number of hydrogen-bond donors (Lipinski definition) is 1. The number of carbonyl (C=O) groups is 1. The van der Waals surface area contributed by atoms with Crippen molar-refractivity contribution in [2.45, 2.75) is 13.0 Å². The van der Waals surface area contributed by atoms with Gasteiger partial charge in [-0.3, -0.25) is 4.79 Å². The van der Waals surface area contributed by atoms with E-state index >= 15 is 0 Å². The number of halogens is 1. The Labute approximate surface area is 93.7 Å². The summed E-state index contributed by atoms with van der Waals surface area (Å²) in [6.07, 6.45) is 3.46. The summed E-state index contributed by atoms with van der Waals surface area (Å²) in [6, 6.07) is 4.38. The smallest absolute Gasteiger partial charge is 0.309 e. The zero-order valence-corrected chi connectivity index (χ0v) is 9.07. The van der Waals surface area contributed by atoms with Crippen molar-refractivity contribution in [2.75, 3.05) is 7.11 Å². The number of benzene rings is 1. The summed E-state index contributed by atoms with van der Waals surface area (Å²) in [5.74, 6) is -0.656. The van der Waals surface area contributed by atoms with Crippen LogP contribution in [-0.4, -0.2) is 13.1 Å². The molecule has 1 rings (SSSR count). The highest BCUT2D eigenvalue weighted by Gasteiger charge is 2.00. The van der Waals surface area contributed by atoms with Crippen LogP contribution in [0.5, 0.6) is 0 Å². The molecule has 0 amide bonds. The summed E-state index contributed by atoms with van der Waals surface area (Å²) < 4.78 is 17.4. The molecule has 0 aliphatic carbocycles. The molecule has 2 N–H and O–H groups in total. The Bertz CT molecular complexity index is 402. The Morgan fingerprint density at radius 1 is 1.56 bits per heavy atom. The molecule has 0 unspecified atom stereocenters. The van der Waals surface area contributed by atoms with Crippen LogP contribution in [-0.2, 0) is 16.1 Å². The molecule has 0 saturated carbocycles. The molecule has 86 valence electrons. The second-order valence-corrected chi connectivity index (χ2v) is 3.23. The summed E-state index contributed by atoms with van der Waals surface area (Å²) in [4.78, 5) is 10.9. The third-order valence-electron chi connectivity index (χ3n) is 2.14. The van der Waals surface area contributed by atoms with Gasteiger partial charge in [-0.1, -0.05) is 18.2 Å². The van der Waals surface area contributed by atoms with E-state index in [4.69, 9.17) is 5.73 Å². The summed E-state index contributed by atoms with van der Waals surface area (Å²) in [5, 5.41) is 0. The Hall–Kier alpha value is -1.68. The summed E-state index contributed by atoms with van der Waals surface area (Å²) >= 11 is 0. The van der Waals surface area contributed by atoms with Gasteiger partial charge in [0, 0.05) is 6.54 Å². The van der Waals surface area contributed by atoms with Crippen LogP contribution in [0.1, 0.15) is 17.5 Å². The first kappa shape index (κ1) is 12.4. The molecule has 3 nitrogen and oxygen atoms in total. The predicted octanol–water partition coefficient (Wildman–Crippen LogP) is 1.86. The molecule has 0 saturated heterocycles. The normalized spacial score (nSPS) is 10.7. The van der Waals surface area contributed by atoms with Crippen molar-refractivity contribution >= 4 is 12.0 Å². The lowest BCUT2D eigenvalue weighted by atomic mass is 10.1. The highest BCUT2D eigenvalue weighted by molar-refractivity contribution is 5.72. The number of esters is 1. The van der Waals surface area contributed by atoms with Gasteiger partial charge in [0.05, 0.1) is 13.5 Å². The maximum absolute atomic E-state index is 13.0. The van der Waals surface area contributed by atoms with Gasteiger partial charge >= 0.3 is 5.97 Å². The molecule has 0 radical (unpaired) electrons. The van der Waals surface area contributed by atoms with E-state index in [0.29, 0.717) is 12.1 Å². The maximum Gasteiger partial charge on any atom is 0.309 e. The van der Waals surface area contributed by atoms with Gasteiger partial charge in [-0.15, -0.1) is 0 Å². The highest BCUT2D eigenvalue weighted by atomic mass is 19.1. The second kappa shape index (κ2) is 6.02. The van der Waals surface area contributed by atoms with E-state index in [2.05, 4.69) is 4.74 Å². The average molecular weight is 223 g/mol. The zero-order valence-electron chi connectivity index (χ0n) is 9.07. The number of carbonyl (C=O) groups excluding carboxylic acids is 1. The minimum Gasteiger partial charge on any atom is -0.469 e. The third kappa shape index (κ3) is 3.47. The topological polar surface area (TPSA) is 52.3 Å². The van der Waals surface area contributed by atoms with Crippen molar-refractivity contribution in [3.05, 3.63) is 41.2 Å². The first-order chi connectivity index (χ1) is 7.67. The molecule has 1 aromatic rings. The largest absolute Gasteiger partial charge is 0.469 e. The molecule has 0 heterocycles. The zero-order chi connectivity index (χ0) is 12.0. The fourth-order valence-electron chi connectivity index (χ4n) is 1.27. The molecule has 0 aliphatic rings. The molecule has 16 heavy (non-hydrogen) atoms. The molecule has 0 aromatic heterocycles. The van der Waals surface area contributed by atoms with Gasteiger partial charge in [-0.05, 0) is 23.3 Å². The summed E-state index contributed by atoms with van der Waals surface area (Å²) in [5.41, 5.74) is 7.03. The standard InChI is InChI=1S/C12H14FNO2/c1-16-12(15)4-2-3-9-7-11(13)6-5-10(9)8-14/h2-3,5-7H,4,8,14H2,1H3. The number of methoxy groups -OCH3 is 1. The lowest BCUT2D eigenvalue weighted by Crippen LogP contribution is -2.00. The molecular weight excluding hydrogens is 209 g/mol. The van der Waals surface area contributed by atoms with Crippen LogP contribution in [0.4, 0.5) is 4.39 Å². The van der Waals surface area contributed by atoms with Gasteiger partial charge < -0.3 is 10.5 Å². The summed E-state index contributed by atoms with van der Waals surface area (Å²) in [6.45, 7) is 0.332. The molecular formula is C12H14FNO2. The van der Waals surface area contributed by atoms with E-state index in [1.54, 1.807) is 18.2 Å². The molecule has 0 fully saturated rings. The van der Waals surface area contributed by atoms with Crippen LogP contribution in [0.2, 0.25) is 0 Å². The first-order valence-electron chi connectivity index (χ1n) is 4.89. The maximum atomic E-state index is 13.0. The van der Waals surface area contributed by atoms with E-state index < -0.39 is 0 Å². The van der Waals surface area contributed by atoms with E-state index in [0.717, 1.165) is 5.56 Å². The van der Waals surface area contributed by atoms with E-state index in [1.165, 1.54) is 19.2 Å². The van der Waals surface area contributed by atoms with E-state index in [-0.39, 0.29) is 18.2 Å². The number of ether oxygens (including phenoxy) is 1. The number of hydrogen-bond acceptors (Lipinski definition) is 3. The summed E-state index contributed by atoms with van der Waals surface area (Å²) in [7, 11) is 1.32. The van der Waals surface area contributed by atoms with E-state index in [9.17, 15) is 9.18 Å². The minimum absolute atomic E-state index is 0.164. The highest BCUT2D eigenvalue weighted by Crippen LogP contribution is 2.13. The molecule has 1 aromatic carbocycles. The fraction of sp³-hybridized carbons (Fsp3) is 0.250. The van der Waals surface area contributed by atoms with Crippen LogP contribution in [0.25, 0.3) is 6.08 Å². The Kier molecular flexibility index (Phi) is 4.66. The lowest BCUT2D eigenvalue weighted by molar-refractivity contribution is -0.139. The minimum atomic E-state index is -0.332. The predicted molar refractivity (Wildman–Crippen MR) is 60.0 cm³/mol. The number of nitrogens with two attached hydrogens (primary N) is 1. The van der Waals surface area contributed by atoms with Gasteiger partial charge in [0.25, 0.3) is 0 Å². The van der Waals surface area contributed by atoms with Crippen molar-refractivity contribution in [1.29, 1.82) is 0 Å². The lowest BCUT2D eigenvalue weighted by Gasteiger charge is -2.02. The van der Waals surface area contributed by atoms with Crippen LogP contribution < -0.4 is 5.73 Å². The Morgan fingerprint density at radius 3 is 2.94 bits per heavy atom. The molecule has 0 aliphatic heterocycles. The van der Waals surface area contributed by atoms with Gasteiger partial charge in [-0.25, -0.2) is 4.39 Å². The molecule has 0 bridgehead atoms.